The minimum absolute atomic E-state index is 0.0789. The second-order valence-electron chi connectivity index (χ2n) is 3.43. The number of alkyl halides is 5. The van der Waals surface area contributed by atoms with Gasteiger partial charge in [-0.1, -0.05) is 53.0 Å². The Balaban J connectivity index is 3.17. The van der Waals surface area contributed by atoms with Crippen LogP contribution in [0, 0.1) is 0 Å². The van der Waals surface area contributed by atoms with Gasteiger partial charge in [0, 0.05) is 11.9 Å². The van der Waals surface area contributed by atoms with E-state index in [1.807, 2.05) is 0 Å². The minimum Gasteiger partial charge on any atom is -0.207 e. The van der Waals surface area contributed by atoms with Crippen LogP contribution < -0.4 is 3.71 Å². The van der Waals surface area contributed by atoms with Gasteiger partial charge in [0.25, 0.3) is 0 Å². The molecular formula is C9H8Cl3F2NO2S2. The van der Waals surface area contributed by atoms with E-state index >= 15 is 0 Å². The monoisotopic (exact) mass is 369 g/mol. The molecule has 0 bridgehead atoms. The normalized spacial score (nSPS) is 15.9. The van der Waals surface area contributed by atoms with Gasteiger partial charge in [0.1, 0.15) is 0 Å². The molecule has 10 heteroatoms. The van der Waals surface area contributed by atoms with Crippen molar-refractivity contribution < 1.29 is 17.2 Å². The predicted octanol–water partition coefficient (Wildman–Crippen LogP) is 4.06. The first-order valence-corrected chi connectivity index (χ1v) is 8.40. The van der Waals surface area contributed by atoms with E-state index in [9.17, 15) is 17.2 Å². The summed E-state index contributed by atoms with van der Waals surface area (Å²) in [6.45, 7) is 0. The average Bonchev–Trinajstić information content (AvgIpc) is 2.24. The van der Waals surface area contributed by atoms with Crippen LogP contribution in [0.15, 0.2) is 30.3 Å². The zero-order chi connectivity index (χ0) is 14.9. The first kappa shape index (κ1) is 17.1. The topological polar surface area (TPSA) is 37.4 Å². The largest absolute Gasteiger partial charge is 0.317 e. The molecule has 0 saturated carbocycles. The second kappa shape index (κ2) is 5.81. The van der Waals surface area contributed by atoms with Crippen LogP contribution in [0.5, 0.6) is 0 Å². The van der Waals surface area contributed by atoms with Crippen molar-refractivity contribution in [2.75, 3.05) is 9.97 Å². The Morgan fingerprint density at radius 2 is 1.63 bits per heavy atom. The average molecular weight is 371 g/mol. The number of halogens is 5. The van der Waals surface area contributed by atoms with Gasteiger partial charge in [-0.3, -0.25) is 0 Å². The van der Waals surface area contributed by atoms with Crippen molar-refractivity contribution in [3.8, 4) is 0 Å². The van der Waals surface area contributed by atoms with E-state index in [0.29, 0.717) is 3.71 Å². The Labute approximate surface area is 129 Å². The lowest BCUT2D eigenvalue weighted by Gasteiger charge is -2.29. The number of benzene rings is 1. The van der Waals surface area contributed by atoms with Gasteiger partial charge in [-0.05, 0) is 12.1 Å². The standard InChI is InChI=1S/C9H8Cl3F2NO2S2/c1-19(16,17)15(7-5-3-2-4-6-7)18-9(12,14)8(10,11)13/h2-6H,1H3. The summed E-state index contributed by atoms with van der Waals surface area (Å²) in [6, 6.07) is 7.42. The van der Waals surface area contributed by atoms with Crippen molar-refractivity contribution in [2.45, 2.75) is 9.05 Å². The lowest BCUT2D eigenvalue weighted by molar-refractivity contribution is 0.240. The second-order valence-corrected chi connectivity index (χ2v) is 8.58. The molecule has 0 amide bonds. The summed E-state index contributed by atoms with van der Waals surface area (Å²) in [6.07, 6.45) is 0.808. The highest BCUT2D eigenvalue weighted by atomic mass is 35.5. The van der Waals surface area contributed by atoms with Crippen LogP contribution in [0.3, 0.4) is 0 Å². The molecule has 0 aliphatic heterocycles. The molecule has 108 valence electrons. The summed E-state index contributed by atoms with van der Waals surface area (Å²) < 4.78 is 43.9. The van der Waals surface area contributed by atoms with Crippen LogP contribution in [0.1, 0.15) is 0 Å². The molecule has 0 aromatic heterocycles. The number of sulfonamides is 1. The fourth-order valence-electron chi connectivity index (χ4n) is 1.02. The Hall–Kier alpha value is 0.0500. The third kappa shape index (κ3) is 4.53. The molecule has 1 aromatic rings. The molecule has 0 heterocycles. The van der Waals surface area contributed by atoms with Crippen molar-refractivity contribution in [1.29, 1.82) is 0 Å². The third-order valence-electron chi connectivity index (χ3n) is 1.80. The zero-order valence-electron chi connectivity index (χ0n) is 9.36. The highest BCUT2D eigenvalue weighted by molar-refractivity contribution is 8.15. The fourth-order valence-corrected chi connectivity index (χ4v) is 3.45. The fraction of sp³-hybridized carbons (Fsp3) is 0.333. The molecule has 1 unspecified atom stereocenters. The van der Waals surface area contributed by atoms with Crippen molar-refractivity contribution in [1.82, 2.24) is 0 Å². The number of para-hydroxylation sites is 1. The summed E-state index contributed by atoms with van der Waals surface area (Å²) in [7, 11) is -3.92. The first-order valence-electron chi connectivity index (χ1n) is 4.64. The summed E-state index contributed by atoms with van der Waals surface area (Å²) in [5.74, 6) is 0. The van der Waals surface area contributed by atoms with Gasteiger partial charge >= 0.3 is 9.05 Å². The van der Waals surface area contributed by atoms with E-state index in [1.54, 1.807) is 6.07 Å². The number of hydrogen-bond donors (Lipinski definition) is 0. The van der Waals surface area contributed by atoms with Gasteiger partial charge < -0.3 is 0 Å². The first-order chi connectivity index (χ1) is 8.45. The summed E-state index contributed by atoms with van der Waals surface area (Å²) >= 11 is 14.9. The van der Waals surface area contributed by atoms with Crippen molar-refractivity contribution >= 4 is 62.5 Å². The molecule has 0 aliphatic carbocycles. The minimum atomic E-state index is -3.92. The van der Waals surface area contributed by atoms with Gasteiger partial charge in [0.15, 0.2) is 0 Å². The van der Waals surface area contributed by atoms with Gasteiger partial charge in [0.2, 0.25) is 10.0 Å². The number of nitrogens with zero attached hydrogens (tertiary/aromatic N) is 1. The third-order valence-corrected chi connectivity index (χ3v) is 5.94. The van der Waals surface area contributed by atoms with Gasteiger partial charge in [-0.25, -0.2) is 20.9 Å². The van der Waals surface area contributed by atoms with Crippen molar-refractivity contribution in [2.24, 2.45) is 0 Å². The molecule has 19 heavy (non-hydrogen) atoms. The number of rotatable bonds is 5. The Morgan fingerprint density at radius 3 is 2.00 bits per heavy atom. The molecule has 0 aliphatic rings. The van der Waals surface area contributed by atoms with Crippen LogP contribution >= 0.6 is 46.8 Å². The van der Waals surface area contributed by atoms with Crippen molar-refractivity contribution in [3.63, 3.8) is 0 Å². The SMILES string of the molecule is CS(=O)(=O)N(SC(F)(Cl)C(F)(Cl)Cl)c1ccccc1. The maximum Gasteiger partial charge on any atom is 0.317 e. The van der Waals surface area contributed by atoms with Crippen LogP contribution in [0.25, 0.3) is 0 Å². The molecule has 0 fully saturated rings. The highest BCUT2D eigenvalue weighted by Crippen LogP contribution is 2.51. The van der Waals surface area contributed by atoms with Gasteiger partial charge in [-0.15, -0.1) is 0 Å². The maximum atomic E-state index is 13.8. The Kier molecular flexibility index (Phi) is 5.23. The molecule has 0 saturated heterocycles. The molecule has 0 radical (unpaired) electrons. The molecule has 1 rings (SSSR count). The van der Waals surface area contributed by atoms with Gasteiger partial charge in [0.05, 0.1) is 11.9 Å². The molecule has 1 atom stereocenters. The Morgan fingerprint density at radius 1 is 1.16 bits per heavy atom. The molecule has 3 nitrogen and oxygen atoms in total. The number of anilines is 1. The number of hydrogen-bond acceptors (Lipinski definition) is 3. The molecule has 0 spiro atoms. The predicted molar refractivity (Wildman–Crippen MR) is 76.6 cm³/mol. The van der Waals surface area contributed by atoms with Crippen LogP contribution in [0.2, 0.25) is 0 Å². The van der Waals surface area contributed by atoms with E-state index in [0.717, 1.165) is 6.26 Å². The highest BCUT2D eigenvalue weighted by Gasteiger charge is 2.54. The smallest absolute Gasteiger partial charge is 0.207 e. The molecular weight excluding hydrogens is 363 g/mol. The van der Waals surface area contributed by atoms with Crippen molar-refractivity contribution in [3.05, 3.63) is 30.3 Å². The van der Waals surface area contributed by atoms with E-state index in [2.05, 4.69) is 0 Å². The van der Waals surface area contributed by atoms with Crippen LogP contribution in [-0.4, -0.2) is 23.7 Å². The van der Waals surface area contributed by atoms with Gasteiger partial charge in [-0.2, -0.15) is 0 Å². The Bertz CT molecular complexity index is 534. The van der Waals surface area contributed by atoms with E-state index in [1.165, 1.54) is 24.3 Å². The summed E-state index contributed by atoms with van der Waals surface area (Å²) in [5.41, 5.74) is 0.0789. The van der Waals surface area contributed by atoms with E-state index in [4.69, 9.17) is 34.8 Å². The summed E-state index contributed by atoms with van der Waals surface area (Å²) in [4.78, 5) is 0. The van der Waals surface area contributed by atoms with Crippen LogP contribution in [0.4, 0.5) is 14.5 Å². The zero-order valence-corrected chi connectivity index (χ0v) is 13.3. The molecule has 0 N–H and O–H groups in total. The molecule has 1 aromatic carbocycles. The van der Waals surface area contributed by atoms with Crippen LogP contribution in [-0.2, 0) is 10.0 Å². The summed E-state index contributed by atoms with van der Waals surface area (Å²) in [5, 5.41) is 0. The van der Waals surface area contributed by atoms with E-state index in [-0.39, 0.29) is 17.6 Å². The van der Waals surface area contributed by atoms with E-state index < -0.39 is 19.1 Å². The maximum absolute atomic E-state index is 13.8. The quantitative estimate of drug-likeness (QED) is 0.579. The lowest BCUT2D eigenvalue weighted by Crippen LogP contribution is -2.36. The lowest BCUT2D eigenvalue weighted by atomic mass is 10.3.